The molecule has 0 saturated carbocycles. The molecule has 2 saturated heterocycles. The summed E-state index contributed by atoms with van der Waals surface area (Å²) in [5.41, 5.74) is 2.46. The summed E-state index contributed by atoms with van der Waals surface area (Å²) in [7, 11) is -2.83. The minimum atomic E-state index is -2.83. The standard InChI is InChI=1S/C14H21N3O3S2/c1-10-13(21-9-15-10)14(18)16-11-2-5-17(6-3-11)12-4-7-22(19,20)8-12/h9,11-12H,2-8H2,1H3,(H,16,18)/t12-/m0/s1. The van der Waals surface area contributed by atoms with Crippen LogP contribution < -0.4 is 5.32 Å². The Bertz CT molecular complexity index is 648. The molecule has 0 aromatic carbocycles. The van der Waals surface area contributed by atoms with Crippen molar-refractivity contribution in [2.75, 3.05) is 24.6 Å². The first-order valence-corrected chi connectivity index (χ1v) is 10.3. The van der Waals surface area contributed by atoms with Gasteiger partial charge in [-0.2, -0.15) is 0 Å². The largest absolute Gasteiger partial charge is 0.348 e. The van der Waals surface area contributed by atoms with Gasteiger partial charge >= 0.3 is 0 Å². The molecule has 1 N–H and O–H groups in total. The Morgan fingerprint density at radius 3 is 2.64 bits per heavy atom. The number of nitrogens with zero attached hydrogens (tertiary/aromatic N) is 2. The van der Waals surface area contributed by atoms with E-state index in [0.717, 1.165) is 38.0 Å². The van der Waals surface area contributed by atoms with E-state index in [1.165, 1.54) is 11.3 Å². The zero-order chi connectivity index (χ0) is 15.7. The van der Waals surface area contributed by atoms with Gasteiger partial charge in [0.2, 0.25) is 0 Å². The third-order valence-corrected chi connectivity index (χ3v) is 7.22. The molecule has 1 amide bonds. The molecule has 2 aliphatic heterocycles. The van der Waals surface area contributed by atoms with Crippen LogP contribution in [0.2, 0.25) is 0 Å². The smallest absolute Gasteiger partial charge is 0.263 e. The predicted molar refractivity (Wildman–Crippen MR) is 86.0 cm³/mol. The summed E-state index contributed by atoms with van der Waals surface area (Å²) in [6.07, 6.45) is 2.50. The van der Waals surface area contributed by atoms with Gasteiger partial charge in [-0.15, -0.1) is 11.3 Å². The lowest BCUT2D eigenvalue weighted by Crippen LogP contribution is -2.48. The van der Waals surface area contributed by atoms with Gasteiger partial charge in [-0.1, -0.05) is 0 Å². The van der Waals surface area contributed by atoms with E-state index >= 15 is 0 Å². The molecule has 1 atom stereocenters. The molecular formula is C14H21N3O3S2. The number of hydrogen-bond acceptors (Lipinski definition) is 6. The molecule has 22 heavy (non-hydrogen) atoms. The Kier molecular flexibility index (Phi) is 4.52. The Hall–Kier alpha value is -0.990. The van der Waals surface area contributed by atoms with Crippen LogP contribution in [0.1, 0.15) is 34.6 Å². The quantitative estimate of drug-likeness (QED) is 0.879. The summed E-state index contributed by atoms with van der Waals surface area (Å²) in [5.74, 6) is 0.574. The second kappa shape index (κ2) is 6.25. The lowest BCUT2D eigenvalue weighted by atomic mass is 10.0. The molecule has 2 fully saturated rings. The van der Waals surface area contributed by atoms with E-state index in [2.05, 4.69) is 15.2 Å². The summed E-state index contributed by atoms with van der Waals surface area (Å²) in [6, 6.07) is 0.341. The molecule has 122 valence electrons. The van der Waals surface area contributed by atoms with Crippen LogP contribution in [0.4, 0.5) is 0 Å². The predicted octanol–water partition coefficient (Wildman–Crippen LogP) is 0.833. The highest BCUT2D eigenvalue weighted by Gasteiger charge is 2.34. The maximum atomic E-state index is 12.2. The molecule has 6 nitrogen and oxygen atoms in total. The van der Waals surface area contributed by atoms with Crippen LogP contribution in [-0.4, -0.2) is 60.9 Å². The number of carbonyl (C=O) groups excluding carboxylic acids is 1. The minimum Gasteiger partial charge on any atom is -0.348 e. The molecule has 0 bridgehead atoms. The molecule has 2 aliphatic rings. The van der Waals surface area contributed by atoms with Crippen molar-refractivity contribution in [3.05, 3.63) is 16.1 Å². The number of aryl methyl sites for hydroxylation is 1. The van der Waals surface area contributed by atoms with E-state index in [1.807, 2.05) is 6.92 Å². The van der Waals surface area contributed by atoms with Crippen molar-refractivity contribution in [2.24, 2.45) is 0 Å². The first-order valence-electron chi connectivity index (χ1n) is 7.60. The van der Waals surface area contributed by atoms with E-state index in [1.54, 1.807) is 5.51 Å². The van der Waals surface area contributed by atoms with Gasteiger partial charge in [0, 0.05) is 25.2 Å². The number of nitrogens with one attached hydrogen (secondary N) is 1. The second-order valence-corrected chi connectivity index (χ2v) is 9.19. The van der Waals surface area contributed by atoms with Crippen molar-refractivity contribution in [1.82, 2.24) is 15.2 Å². The maximum Gasteiger partial charge on any atom is 0.263 e. The minimum absolute atomic E-state index is 0.0399. The van der Waals surface area contributed by atoms with E-state index in [0.29, 0.717) is 16.4 Å². The van der Waals surface area contributed by atoms with Gasteiger partial charge in [-0.05, 0) is 26.2 Å². The molecule has 3 heterocycles. The Morgan fingerprint density at radius 1 is 1.36 bits per heavy atom. The van der Waals surface area contributed by atoms with Crippen molar-refractivity contribution in [1.29, 1.82) is 0 Å². The Morgan fingerprint density at radius 2 is 2.09 bits per heavy atom. The summed E-state index contributed by atoms with van der Waals surface area (Å²) in [6.45, 7) is 3.55. The SMILES string of the molecule is Cc1ncsc1C(=O)NC1CCN([C@H]2CCS(=O)(=O)C2)CC1. The fourth-order valence-electron chi connectivity index (χ4n) is 3.24. The topological polar surface area (TPSA) is 79.4 Å². The van der Waals surface area contributed by atoms with E-state index in [4.69, 9.17) is 0 Å². The first-order chi connectivity index (χ1) is 10.4. The van der Waals surface area contributed by atoms with Crippen molar-refractivity contribution < 1.29 is 13.2 Å². The van der Waals surface area contributed by atoms with Crippen LogP contribution in [-0.2, 0) is 9.84 Å². The summed E-state index contributed by atoms with van der Waals surface area (Å²) in [5, 5.41) is 3.08. The van der Waals surface area contributed by atoms with E-state index in [9.17, 15) is 13.2 Å². The highest BCUT2D eigenvalue weighted by Crippen LogP contribution is 2.22. The lowest BCUT2D eigenvalue weighted by Gasteiger charge is -2.35. The third kappa shape index (κ3) is 3.49. The number of hydrogen-bond donors (Lipinski definition) is 1. The van der Waals surface area contributed by atoms with Crippen molar-refractivity contribution >= 4 is 27.1 Å². The average Bonchev–Trinajstić information content (AvgIpc) is 3.05. The van der Waals surface area contributed by atoms with Crippen LogP contribution in [0.5, 0.6) is 0 Å². The zero-order valence-corrected chi connectivity index (χ0v) is 14.3. The van der Waals surface area contributed by atoms with Crippen molar-refractivity contribution in [3.8, 4) is 0 Å². The number of sulfone groups is 1. The van der Waals surface area contributed by atoms with Gasteiger partial charge in [0.1, 0.15) is 4.88 Å². The molecule has 0 radical (unpaired) electrons. The Labute approximate surface area is 134 Å². The van der Waals surface area contributed by atoms with Crippen molar-refractivity contribution in [2.45, 2.75) is 38.3 Å². The molecular weight excluding hydrogens is 322 g/mol. The number of aromatic nitrogens is 1. The number of likely N-dealkylation sites (tertiary alicyclic amines) is 1. The third-order valence-electron chi connectivity index (χ3n) is 4.54. The second-order valence-electron chi connectivity index (χ2n) is 6.11. The lowest BCUT2D eigenvalue weighted by molar-refractivity contribution is 0.0901. The fraction of sp³-hybridized carbons (Fsp3) is 0.714. The number of carbonyl (C=O) groups is 1. The molecule has 1 aromatic rings. The monoisotopic (exact) mass is 343 g/mol. The zero-order valence-electron chi connectivity index (χ0n) is 12.6. The molecule has 0 spiro atoms. The summed E-state index contributed by atoms with van der Waals surface area (Å²) < 4.78 is 23.1. The maximum absolute atomic E-state index is 12.2. The molecule has 1 aromatic heterocycles. The molecule has 0 aliphatic carbocycles. The number of rotatable bonds is 3. The molecule has 3 rings (SSSR count). The van der Waals surface area contributed by atoms with E-state index < -0.39 is 9.84 Å². The van der Waals surface area contributed by atoms with Gasteiger partial charge in [-0.3, -0.25) is 9.69 Å². The van der Waals surface area contributed by atoms with Gasteiger partial charge in [-0.25, -0.2) is 13.4 Å². The van der Waals surface area contributed by atoms with Gasteiger partial charge in [0.15, 0.2) is 9.84 Å². The van der Waals surface area contributed by atoms with Crippen LogP contribution in [0, 0.1) is 6.92 Å². The van der Waals surface area contributed by atoms with Crippen LogP contribution in [0.3, 0.4) is 0 Å². The average molecular weight is 343 g/mol. The van der Waals surface area contributed by atoms with Gasteiger partial charge < -0.3 is 5.32 Å². The van der Waals surface area contributed by atoms with E-state index in [-0.39, 0.29) is 18.0 Å². The highest BCUT2D eigenvalue weighted by molar-refractivity contribution is 7.91. The molecule has 0 unspecified atom stereocenters. The summed E-state index contributed by atoms with van der Waals surface area (Å²) in [4.78, 5) is 19.2. The van der Waals surface area contributed by atoms with Gasteiger partial charge in [0.05, 0.1) is 22.7 Å². The number of thiazole rings is 1. The van der Waals surface area contributed by atoms with Crippen molar-refractivity contribution in [3.63, 3.8) is 0 Å². The van der Waals surface area contributed by atoms with Gasteiger partial charge in [0.25, 0.3) is 5.91 Å². The van der Waals surface area contributed by atoms with Crippen LogP contribution >= 0.6 is 11.3 Å². The number of piperidine rings is 1. The number of amides is 1. The normalized spacial score (nSPS) is 26.1. The fourth-order valence-corrected chi connectivity index (χ4v) is 5.71. The first kappa shape index (κ1) is 15.9. The van der Waals surface area contributed by atoms with Crippen LogP contribution in [0.25, 0.3) is 0 Å². The molecule has 8 heteroatoms. The van der Waals surface area contributed by atoms with Crippen LogP contribution in [0.15, 0.2) is 5.51 Å². The summed E-state index contributed by atoms with van der Waals surface area (Å²) >= 11 is 1.37. The highest BCUT2D eigenvalue weighted by atomic mass is 32.2. The Balaban J connectivity index is 1.50.